The molecule has 0 fully saturated rings. The lowest BCUT2D eigenvalue weighted by atomic mass is 10.1. The first kappa shape index (κ1) is 21.3. The van der Waals surface area contributed by atoms with Gasteiger partial charge in [-0.1, -0.05) is 70.5 Å². The molecule has 2 aromatic carbocycles. The smallest absolute Gasteiger partial charge is 0.320 e. The zero-order valence-corrected chi connectivity index (χ0v) is 17.1. The second-order valence-corrected chi connectivity index (χ2v) is 9.49. The maximum atomic E-state index is 13.9. The van der Waals surface area contributed by atoms with Gasteiger partial charge < -0.3 is 9.79 Å². The van der Waals surface area contributed by atoms with Gasteiger partial charge in [0.1, 0.15) is 0 Å². The molecule has 2 rings (SSSR count). The van der Waals surface area contributed by atoms with Gasteiger partial charge in [0.2, 0.25) is 0 Å². The molecule has 2 N–H and O–H groups in total. The quantitative estimate of drug-likeness (QED) is 0.482. The summed E-state index contributed by atoms with van der Waals surface area (Å²) in [5.41, 5.74) is -3.04. The first-order valence-corrected chi connectivity index (χ1v) is 11.1. The fourth-order valence-electron chi connectivity index (χ4n) is 2.23. The molecule has 0 saturated carbocycles. The van der Waals surface area contributed by atoms with Crippen LogP contribution in [0.25, 0.3) is 6.08 Å². The third-order valence-electron chi connectivity index (χ3n) is 3.70. The molecule has 0 aromatic heterocycles. The van der Waals surface area contributed by atoms with E-state index in [1.54, 1.807) is 11.8 Å². The molecule has 0 aliphatic carbocycles. The molecule has 0 bridgehead atoms. The fourth-order valence-corrected chi connectivity index (χ4v) is 4.37. The molecule has 0 saturated heterocycles. The van der Waals surface area contributed by atoms with Gasteiger partial charge in [0.25, 0.3) is 0 Å². The van der Waals surface area contributed by atoms with Crippen LogP contribution in [0.4, 0.5) is 8.78 Å². The summed E-state index contributed by atoms with van der Waals surface area (Å²) in [4.78, 5) is 17.7. The fraction of sp³-hybridized carbons (Fsp3) is 0.222. The number of benzene rings is 2. The zero-order chi connectivity index (χ0) is 19.4. The Balaban J connectivity index is 2.04. The Bertz CT molecular complexity index is 824. The molecule has 0 aliphatic rings. The summed E-state index contributed by atoms with van der Waals surface area (Å²) >= 11 is 4.64. The van der Waals surface area contributed by atoms with Crippen molar-refractivity contribution in [2.75, 3.05) is 5.75 Å². The van der Waals surface area contributed by atoms with Crippen molar-refractivity contribution in [3.05, 3.63) is 75.8 Å². The number of thioether (sulfide) groups is 1. The second kappa shape index (κ2) is 8.81. The van der Waals surface area contributed by atoms with Crippen LogP contribution < -0.4 is 0 Å². The van der Waals surface area contributed by atoms with Gasteiger partial charge in [-0.25, -0.2) is 0 Å². The van der Waals surface area contributed by atoms with E-state index < -0.39 is 18.8 Å². The minimum absolute atomic E-state index is 0.0180. The summed E-state index contributed by atoms with van der Waals surface area (Å²) in [7, 11) is -5.59. The van der Waals surface area contributed by atoms with Crippen molar-refractivity contribution >= 4 is 41.4 Å². The van der Waals surface area contributed by atoms with Crippen molar-refractivity contribution in [3.8, 4) is 0 Å². The third-order valence-corrected chi connectivity index (χ3v) is 6.49. The maximum Gasteiger partial charge on any atom is 0.399 e. The van der Waals surface area contributed by atoms with Crippen LogP contribution >= 0.6 is 35.3 Å². The molecule has 26 heavy (non-hydrogen) atoms. The number of hydrogen-bond acceptors (Lipinski definition) is 2. The first-order valence-electron chi connectivity index (χ1n) is 7.69. The highest BCUT2D eigenvalue weighted by Crippen LogP contribution is 2.60. The highest BCUT2D eigenvalue weighted by atomic mass is 79.9. The average molecular weight is 463 g/mol. The summed E-state index contributed by atoms with van der Waals surface area (Å²) in [5, 5.41) is 0.0319. The molecule has 140 valence electrons. The molecule has 0 amide bonds. The van der Waals surface area contributed by atoms with E-state index in [0.717, 1.165) is 22.9 Å². The Kier molecular flexibility index (Phi) is 7.22. The molecule has 3 nitrogen and oxygen atoms in total. The van der Waals surface area contributed by atoms with Gasteiger partial charge in [-0.05, 0) is 24.1 Å². The van der Waals surface area contributed by atoms with E-state index in [2.05, 4.69) is 15.9 Å². The van der Waals surface area contributed by atoms with Crippen LogP contribution in [0.1, 0.15) is 28.9 Å². The van der Waals surface area contributed by atoms with Crippen LogP contribution in [0.5, 0.6) is 0 Å². The Morgan fingerprint density at radius 1 is 1.23 bits per heavy atom. The van der Waals surface area contributed by atoms with Gasteiger partial charge in [-0.3, -0.25) is 4.57 Å². The van der Waals surface area contributed by atoms with Gasteiger partial charge in [-0.2, -0.15) is 8.78 Å². The molecule has 8 heteroatoms. The van der Waals surface area contributed by atoms with E-state index in [0.29, 0.717) is 0 Å². The summed E-state index contributed by atoms with van der Waals surface area (Å²) in [6, 6.07) is 13.9. The van der Waals surface area contributed by atoms with E-state index in [1.807, 2.05) is 49.4 Å². The molecule has 0 spiro atoms. The zero-order valence-electron chi connectivity index (χ0n) is 13.8. The van der Waals surface area contributed by atoms with Crippen LogP contribution in [-0.2, 0) is 10.2 Å². The first-order chi connectivity index (χ1) is 12.1. The van der Waals surface area contributed by atoms with E-state index in [1.165, 1.54) is 12.1 Å². The predicted octanol–water partition coefficient (Wildman–Crippen LogP) is 6.18. The van der Waals surface area contributed by atoms with Crippen LogP contribution in [0.15, 0.2) is 59.1 Å². The van der Waals surface area contributed by atoms with E-state index in [-0.39, 0.29) is 9.72 Å². The maximum absolute atomic E-state index is 13.9. The molecule has 0 heterocycles. The summed E-state index contributed by atoms with van der Waals surface area (Å²) < 4.78 is 38.7. The molecule has 2 aromatic rings. The highest BCUT2D eigenvalue weighted by Gasteiger charge is 2.51. The van der Waals surface area contributed by atoms with Crippen molar-refractivity contribution < 1.29 is 23.1 Å². The monoisotopic (exact) mass is 462 g/mol. The van der Waals surface area contributed by atoms with Gasteiger partial charge in [0, 0.05) is 21.0 Å². The summed E-state index contributed by atoms with van der Waals surface area (Å²) in [5.74, 6) is 0.744. The van der Waals surface area contributed by atoms with Crippen molar-refractivity contribution in [2.45, 2.75) is 17.8 Å². The molecule has 1 unspecified atom stereocenters. The van der Waals surface area contributed by atoms with Crippen molar-refractivity contribution in [3.63, 3.8) is 0 Å². The number of rotatable bonds is 7. The summed E-state index contributed by atoms with van der Waals surface area (Å²) in [6.07, 6.45) is 4.04. The Labute approximate surface area is 163 Å². The number of alkyl halides is 2. The third kappa shape index (κ3) is 5.27. The minimum atomic E-state index is -5.59. The van der Waals surface area contributed by atoms with Crippen molar-refractivity contribution in [1.29, 1.82) is 0 Å². The van der Waals surface area contributed by atoms with E-state index >= 15 is 0 Å². The van der Waals surface area contributed by atoms with Gasteiger partial charge >= 0.3 is 13.3 Å². The van der Waals surface area contributed by atoms with Crippen LogP contribution in [0.2, 0.25) is 0 Å². The lowest BCUT2D eigenvalue weighted by Gasteiger charge is -2.20. The van der Waals surface area contributed by atoms with Gasteiger partial charge in [0.15, 0.2) is 0 Å². The number of hydrogen-bond donors (Lipinski definition) is 2. The summed E-state index contributed by atoms with van der Waals surface area (Å²) in [6.45, 7) is 1.95. The van der Waals surface area contributed by atoms with E-state index in [9.17, 15) is 13.3 Å². The number of halogens is 3. The van der Waals surface area contributed by atoms with Crippen LogP contribution in [-0.4, -0.2) is 15.5 Å². The highest BCUT2D eigenvalue weighted by molar-refractivity contribution is 9.10. The molecule has 1 atom stereocenters. The van der Waals surface area contributed by atoms with Crippen LogP contribution in [0.3, 0.4) is 0 Å². The Morgan fingerprint density at radius 2 is 1.88 bits per heavy atom. The predicted molar refractivity (Wildman–Crippen MR) is 106 cm³/mol. The lowest BCUT2D eigenvalue weighted by molar-refractivity contribution is 0.0557. The van der Waals surface area contributed by atoms with Crippen molar-refractivity contribution in [2.24, 2.45) is 0 Å². The SMILES string of the molecule is CC(SC/C=C/c1ccccc1)c1ccc(C(F)(F)P(=O)(O)O)c(Br)c1. The van der Waals surface area contributed by atoms with Gasteiger partial charge in [0.05, 0.1) is 0 Å². The average Bonchev–Trinajstić information content (AvgIpc) is 2.58. The Morgan fingerprint density at radius 3 is 2.46 bits per heavy atom. The standard InChI is InChI=1S/C18H18BrF2O3PS/c1-13(26-11-5-8-14-6-3-2-4-7-14)15-9-10-16(17(19)12-15)18(20,21)25(22,23)24/h2-10,12-13H,11H2,1H3,(H2,22,23,24)/b8-5+. The normalized spacial score (nSPS) is 13.9. The minimum Gasteiger partial charge on any atom is -0.320 e. The second-order valence-electron chi connectivity index (χ2n) is 5.61. The van der Waals surface area contributed by atoms with Crippen LogP contribution in [0, 0.1) is 0 Å². The lowest BCUT2D eigenvalue weighted by Crippen LogP contribution is -2.14. The Hall–Kier alpha value is -0.980. The largest absolute Gasteiger partial charge is 0.399 e. The molecular weight excluding hydrogens is 445 g/mol. The van der Waals surface area contributed by atoms with Gasteiger partial charge in [-0.15, -0.1) is 11.8 Å². The van der Waals surface area contributed by atoms with E-state index in [4.69, 9.17) is 9.79 Å². The topological polar surface area (TPSA) is 57.5 Å². The molecule has 0 aliphatic heterocycles. The van der Waals surface area contributed by atoms with Crippen molar-refractivity contribution in [1.82, 2.24) is 0 Å². The molecule has 0 radical (unpaired) electrons. The molecular formula is C18H18BrF2O3PS.